The lowest BCUT2D eigenvalue weighted by atomic mass is 9.91. The smallest absolute Gasteiger partial charge is 0.122 e. The summed E-state index contributed by atoms with van der Waals surface area (Å²) in [6.45, 7) is 5.44. The number of ether oxygens (including phenoxy) is 2. The second-order valence-corrected chi connectivity index (χ2v) is 7.72. The van der Waals surface area contributed by atoms with E-state index in [1.165, 1.54) is 16.7 Å². The number of nitrogens with two attached hydrogens (primary N) is 1. The van der Waals surface area contributed by atoms with E-state index in [0.29, 0.717) is 18.8 Å². The van der Waals surface area contributed by atoms with E-state index in [1.807, 2.05) is 36.4 Å². The first kappa shape index (κ1) is 23.9. The van der Waals surface area contributed by atoms with Crippen molar-refractivity contribution in [1.82, 2.24) is 0 Å². The molecule has 0 bridgehead atoms. The molecule has 0 fully saturated rings. The molecule has 4 N–H and O–H groups in total. The van der Waals surface area contributed by atoms with Crippen molar-refractivity contribution < 1.29 is 14.6 Å². The zero-order chi connectivity index (χ0) is 23.6. The minimum absolute atomic E-state index is 0.0498. The van der Waals surface area contributed by atoms with Crippen molar-refractivity contribution >= 4 is 17.0 Å². The highest BCUT2D eigenvalue weighted by atomic mass is 16.5. The molecule has 5 nitrogen and oxygen atoms in total. The minimum Gasteiger partial charge on any atom is -0.508 e. The molecule has 0 radical (unpaired) electrons. The largest absolute Gasteiger partial charge is 0.508 e. The highest BCUT2D eigenvalue weighted by Crippen LogP contribution is 2.32. The Kier molecular flexibility index (Phi) is 8.53. The average Bonchev–Trinajstić information content (AvgIpc) is 2.84. The van der Waals surface area contributed by atoms with Crippen molar-refractivity contribution in [3.8, 4) is 17.2 Å². The summed E-state index contributed by atoms with van der Waals surface area (Å²) in [5.41, 5.74) is 11.1. The number of rotatable bonds is 11. The lowest BCUT2D eigenvalue weighted by molar-refractivity contribution is 0.247. The third kappa shape index (κ3) is 6.62. The van der Waals surface area contributed by atoms with Gasteiger partial charge in [0, 0.05) is 12.0 Å². The first-order chi connectivity index (χ1) is 16.0. The van der Waals surface area contributed by atoms with Crippen LogP contribution in [0.2, 0.25) is 0 Å². The Morgan fingerprint density at radius 3 is 1.48 bits per heavy atom. The molecule has 0 amide bonds. The molecule has 5 heteroatoms. The minimum atomic E-state index is 0.0498. The molecule has 0 aliphatic carbocycles. The van der Waals surface area contributed by atoms with Crippen LogP contribution in [0.5, 0.6) is 17.2 Å². The van der Waals surface area contributed by atoms with Crippen molar-refractivity contribution in [3.05, 3.63) is 89.5 Å². The van der Waals surface area contributed by atoms with Gasteiger partial charge in [0.2, 0.25) is 0 Å². The van der Waals surface area contributed by atoms with Gasteiger partial charge in [-0.1, -0.05) is 38.1 Å². The van der Waals surface area contributed by atoms with Crippen LogP contribution >= 0.6 is 0 Å². The zero-order valence-electron chi connectivity index (χ0n) is 19.3. The summed E-state index contributed by atoms with van der Waals surface area (Å²) in [6.07, 6.45) is 2.61. The van der Waals surface area contributed by atoms with Crippen molar-refractivity contribution in [3.63, 3.8) is 0 Å². The number of nitrogen functional groups attached to an aromatic ring is 1. The number of phenols is 1. The van der Waals surface area contributed by atoms with Crippen LogP contribution in [0.3, 0.4) is 0 Å². The number of nitrogens with one attached hydrogen (secondary N) is 1. The van der Waals surface area contributed by atoms with Gasteiger partial charge in [-0.2, -0.15) is 0 Å². The Labute approximate surface area is 196 Å². The molecule has 0 saturated carbocycles. The monoisotopic (exact) mass is 444 g/mol. The van der Waals surface area contributed by atoms with Crippen LogP contribution in [0.15, 0.2) is 72.8 Å². The van der Waals surface area contributed by atoms with Crippen LogP contribution in [0.1, 0.15) is 49.8 Å². The average molecular weight is 445 g/mol. The quantitative estimate of drug-likeness (QED) is 0.141. The van der Waals surface area contributed by atoms with Gasteiger partial charge in [0.1, 0.15) is 23.1 Å². The standard InChI is InChI=1S/C28H32N2O3/c1-3-26(20-6-12-23(31)13-7-20)27(4-2)21-8-14-24(15-9-21)32-18-5-19-33-25-16-10-22(11-17-25)28(29)30/h6-17,31H,3-5,18-19H2,1-2H3,(H3,29,30)/b27-26+. The third-order valence-electron chi connectivity index (χ3n) is 5.48. The number of hydrogen-bond acceptors (Lipinski definition) is 4. The summed E-state index contributed by atoms with van der Waals surface area (Å²) < 4.78 is 11.6. The lowest BCUT2D eigenvalue weighted by Crippen LogP contribution is -2.10. The Hall–Kier alpha value is -3.73. The van der Waals surface area contributed by atoms with Crippen molar-refractivity contribution in [2.45, 2.75) is 33.1 Å². The van der Waals surface area contributed by atoms with Crippen LogP contribution < -0.4 is 15.2 Å². The molecule has 0 aliphatic heterocycles. The Morgan fingerprint density at radius 1 is 0.697 bits per heavy atom. The van der Waals surface area contributed by atoms with Crippen LogP contribution in [-0.4, -0.2) is 24.2 Å². The molecule has 0 saturated heterocycles. The van der Waals surface area contributed by atoms with E-state index in [1.54, 1.807) is 24.3 Å². The normalized spacial score (nSPS) is 11.6. The summed E-state index contributed by atoms with van der Waals surface area (Å²) in [5, 5.41) is 17.0. The number of hydrogen-bond donors (Lipinski definition) is 3. The summed E-state index contributed by atoms with van der Waals surface area (Å²) in [5.74, 6) is 1.92. The van der Waals surface area contributed by atoms with Gasteiger partial charge in [0.05, 0.1) is 13.2 Å². The summed E-state index contributed by atoms with van der Waals surface area (Å²) in [7, 11) is 0. The van der Waals surface area contributed by atoms with Gasteiger partial charge in [-0.3, -0.25) is 5.41 Å². The molecule has 3 aromatic rings. The predicted molar refractivity (Wildman–Crippen MR) is 135 cm³/mol. The van der Waals surface area contributed by atoms with Gasteiger partial charge in [0.25, 0.3) is 0 Å². The summed E-state index contributed by atoms with van der Waals surface area (Å²) >= 11 is 0. The fourth-order valence-electron chi connectivity index (χ4n) is 3.77. The van der Waals surface area contributed by atoms with E-state index in [0.717, 1.165) is 36.3 Å². The molecule has 0 heterocycles. The zero-order valence-corrected chi connectivity index (χ0v) is 19.3. The van der Waals surface area contributed by atoms with Crippen molar-refractivity contribution in [2.75, 3.05) is 13.2 Å². The predicted octanol–water partition coefficient (Wildman–Crippen LogP) is 6.25. The fraction of sp³-hybridized carbons (Fsp3) is 0.250. The van der Waals surface area contributed by atoms with Crippen molar-refractivity contribution in [1.29, 1.82) is 5.41 Å². The lowest BCUT2D eigenvalue weighted by Gasteiger charge is -2.15. The molecular weight excluding hydrogens is 412 g/mol. The number of allylic oxidation sites excluding steroid dienone is 2. The second kappa shape index (κ2) is 11.8. The molecule has 172 valence electrons. The summed E-state index contributed by atoms with van der Waals surface area (Å²) in [4.78, 5) is 0. The number of aromatic hydroxyl groups is 1. The van der Waals surface area contributed by atoms with E-state index in [-0.39, 0.29) is 11.6 Å². The maximum Gasteiger partial charge on any atom is 0.122 e. The number of amidine groups is 1. The van der Waals surface area contributed by atoms with Gasteiger partial charge in [0.15, 0.2) is 0 Å². The third-order valence-corrected chi connectivity index (χ3v) is 5.48. The number of phenolic OH excluding ortho intramolecular Hbond substituents is 1. The summed E-state index contributed by atoms with van der Waals surface area (Å²) in [6, 6.07) is 22.8. The molecule has 0 unspecified atom stereocenters. The molecule has 0 aromatic heterocycles. The second-order valence-electron chi connectivity index (χ2n) is 7.72. The maximum absolute atomic E-state index is 9.60. The SMILES string of the molecule is CC/C(=C(/CC)c1ccc(OCCCOc2ccc(C(=N)N)cc2)cc1)c1ccc(O)cc1. The fourth-order valence-corrected chi connectivity index (χ4v) is 3.77. The number of benzene rings is 3. The van der Waals surface area contributed by atoms with Crippen LogP contribution in [0.25, 0.3) is 11.1 Å². The topological polar surface area (TPSA) is 88.6 Å². The highest BCUT2D eigenvalue weighted by Gasteiger charge is 2.09. The van der Waals surface area contributed by atoms with E-state index >= 15 is 0 Å². The van der Waals surface area contributed by atoms with E-state index < -0.39 is 0 Å². The van der Waals surface area contributed by atoms with Gasteiger partial charge < -0.3 is 20.3 Å². The maximum atomic E-state index is 9.60. The van der Waals surface area contributed by atoms with Gasteiger partial charge in [-0.25, -0.2) is 0 Å². The Bertz CT molecular complexity index is 1070. The van der Waals surface area contributed by atoms with E-state index in [4.69, 9.17) is 20.6 Å². The van der Waals surface area contributed by atoms with E-state index in [9.17, 15) is 5.11 Å². The first-order valence-electron chi connectivity index (χ1n) is 11.3. The Balaban J connectivity index is 1.54. The van der Waals surface area contributed by atoms with Crippen LogP contribution in [-0.2, 0) is 0 Å². The molecule has 33 heavy (non-hydrogen) atoms. The van der Waals surface area contributed by atoms with Gasteiger partial charge >= 0.3 is 0 Å². The van der Waals surface area contributed by atoms with Crippen LogP contribution in [0.4, 0.5) is 0 Å². The van der Waals surface area contributed by atoms with Crippen LogP contribution in [0, 0.1) is 5.41 Å². The molecule has 0 atom stereocenters. The highest BCUT2D eigenvalue weighted by molar-refractivity contribution is 5.95. The molecule has 0 aliphatic rings. The Morgan fingerprint density at radius 2 is 1.09 bits per heavy atom. The molecule has 3 rings (SSSR count). The molecule has 3 aromatic carbocycles. The van der Waals surface area contributed by atoms with Gasteiger partial charge in [-0.15, -0.1) is 0 Å². The van der Waals surface area contributed by atoms with E-state index in [2.05, 4.69) is 26.0 Å². The van der Waals surface area contributed by atoms with Gasteiger partial charge in [-0.05, 0) is 83.6 Å². The first-order valence-corrected chi connectivity index (χ1v) is 11.3. The van der Waals surface area contributed by atoms with Crippen molar-refractivity contribution in [2.24, 2.45) is 5.73 Å². The molecular formula is C28H32N2O3. The molecule has 0 spiro atoms.